The number of nitrogens with zero attached hydrogens (tertiary/aromatic N) is 2. The summed E-state index contributed by atoms with van der Waals surface area (Å²) in [6, 6.07) is 1.75. The Labute approximate surface area is 65.8 Å². The SMILES string of the molecule is C=C(C)c1cc(OC)ncn1. The predicted molar refractivity (Wildman–Crippen MR) is 43.3 cm³/mol. The lowest BCUT2D eigenvalue weighted by Crippen LogP contribution is -1.91. The lowest BCUT2D eigenvalue weighted by Gasteiger charge is -2.00. The Hall–Kier alpha value is -1.38. The van der Waals surface area contributed by atoms with Gasteiger partial charge in [0.1, 0.15) is 6.33 Å². The van der Waals surface area contributed by atoms with Gasteiger partial charge in [-0.1, -0.05) is 6.58 Å². The van der Waals surface area contributed by atoms with E-state index in [9.17, 15) is 0 Å². The van der Waals surface area contributed by atoms with E-state index in [1.807, 2.05) is 6.92 Å². The molecule has 0 atom stereocenters. The van der Waals surface area contributed by atoms with E-state index in [1.54, 1.807) is 13.2 Å². The molecule has 0 aliphatic carbocycles. The summed E-state index contributed by atoms with van der Waals surface area (Å²) in [6.45, 7) is 5.65. The zero-order valence-corrected chi connectivity index (χ0v) is 6.66. The van der Waals surface area contributed by atoms with Crippen LogP contribution < -0.4 is 4.74 Å². The highest BCUT2D eigenvalue weighted by atomic mass is 16.5. The molecule has 0 N–H and O–H groups in total. The van der Waals surface area contributed by atoms with Crippen molar-refractivity contribution in [2.75, 3.05) is 7.11 Å². The second-order valence-corrected chi connectivity index (χ2v) is 2.23. The lowest BCUT2D eigenvalue weighted by molar-refractivity contribution is 0.396. The van der Waals surface area contributed by atoms with E-state index in [-0.39, 0.29) is 0 Å². The largest absolute Gasteiger partial charge is 0.481 e. The van der Waals surface area contributed by atoms with Crippen molar-refractivity contribution < 1.29 is 4.74 Å². The molecule has 0 amide bonds. The molecule has 3 nitrogen and oxygen atoms in total. The smallest absolute Gasteiger partial charge is 0.216 e. The molecule has 0 aliphatic heterocycles. The quantitative estimate of drug-likeness (QED) is 0.641. The Morgan fingerprint density at radius 1 is 1.55 bits per heavy atom. The summed E-state index contributed by atoms with van der Waals surface area (Å²) < 4.78 is 4.91. The Morgan fingerprint density at radius 2 is 2.27 bits per heavy atom. The van der Waals surface area contributed by atoms with Gasteiger partial charge in [0.05, 0.1) is 12.8 Å². The topological polar surface area (TPSA) is 35.0 Å². The van der Waals surface area contributed by atoms with Crippen molar-refractivity contribution >= 4 is 5.57 Å². The van der Waals surface area contributed by atoms with Gasteiger partial charge in [-0.25, -0.2) is 9.97 Å². The summed E-state index contributed by atoms with van der Waals surface area (Å²) in [7, 11) is 1.57. The maximum absolute atomic E-state index is 4.91. The molecule has 1 aromatic heterocycles. The van der Waals surface area contributed by atoms with E-state index in [2.05, 4.69) is 16.5 Å². The van der Waals surface area contributed by atoms with Crippen LogP contribution in [0.15, 0.2) is 19.0 Å². The monoisotopic (exact) mass is 150 g/mol. The van der Waals surface area contributed by atoms with Crippen LogP contribution >= 0.6 is 0 Å². The molecule has 0 spiro atoms. The number of allylic oxidation sites excluding steroid dienone is 1. The van der Waals surface area contributed by atoms with E-state index in [0.717, 1.165) is 11.3 Å². The molecular formula is C8H10N2O. The van der Waals surface area contributed by atoms with Crippen molar-refractivity contribution in [3.63, 3.8) is 0 Å². The van der Waals surface area contributed by atoms with Gasteiger partial charge < -0.3 is 4.74 Å². The molecule has 0 aliphatic rings. The van der Waals surface area contributed by atoms with Crippen LogP contribution in [0.4, 0.5) is 0 Å². The Balaban J connectivity index is 3.01. The number of methoxy groups -OCH3 is 1. The molecule has 0 unspecified atom stereocenters. The van der Waals surface area contributed by atoms with Crippen molar-refractivity contribution in [2.24, 2.45) is 0 Å². The first-order chi connectivity index (χ1) is 5.24. The fraction of sp³-hybridized carbons (Fsp3) is 0.250. The second-order valence-electron chi connectivity index (χ2n) is 2.23. The summed E-state index contributed by atoms with van der Waals surface area (Å²) in [5.41, 5.74) is 1.72. The summed E-state index contributed by atoms with van der Waals surface area (Å²) >= 11 is 0. The minimum absolute atomic E-state index is 0.568. The van der Waals surface area contributed by atoms with Crippen LogP contribution in [0, 0.1) is 0 Å². The third kappa shape index (κ3) is 1.77. The molecule has 0 saturated carbocycles. The van der Waals surface area contributed by atoms with Crippen LogP contribution in [0.25, 0.3) is 5.57 Å². The minimum Gasteiger partial charge on any atom is -0.481 e. The van der Waals surface area contributed by atoms with Gasteiger partial charge in [0.15, 0.2) is 0 Å². The standard InChI is InChI=1S/C8H10N2O/c1-6(2)7-4-8(11-3)10-5-9-7/h4-5H,1H2,2-3H3. The molecule has 0 bridgehead atoms. The number of hydrogen-bond donors (Lipinski definition) is 0. The van der Waals surface area contributed by atoms with Crippen LogP contribution in [-0.4, -0.2) is 17.1 Å². The average Bonchev–Trinajstić information content (AvgIpc) is 2.05. The number of hydrogen-bond acceptors (Lipinski definition) is 3. The molecule has 1 aromatic rings. The highest BCUT2D eigenvalue weighted by Gasteiger charge is 1.97. The van der Waals surface area contributed by atoms with E-state index in [4.69, 9.17) is 4.74 Å². The lowest BCUT2D eigenvalue weighted by atomic mass is 10.2. The molecule has 0 aromatic carbocycles. The molecule has 0 radical (unpaired) electrons. The van der Waals surface area contributed by atoms with Crippen LogP contribution in [0.1, 0.15) is 12.6 Å². The first kappa shape index (κ1) is 7.72. The van der Waals surface area contributed by atoms with E-state index in [1.165, 1.54) is 6.33 Å². The number of rotatable bonds is 2. The third-order valence-corrected chi connectivity index (χ3v) is 1.29. The molecule has 1 heterocycles. The highest BCUT2D eigenvalue weighted by Crippen LogP contribution is 2.11. The van der Waals surface area contributed by atoms with Crippen LogP contribution in [-0.2, 0) is 0 Å². The van der Waals surface area contributed by atoms with Gasteiger partial charge in [0.2, 0.25) is 5.88 Å². The summed E-state index contributed by atoms with van der Waals surface area (Å²) in [4.78, 5) is 7.86. The normalized spacial score (nSPS) is 9.27. The fourth-order valence-corrected chi connectivity index (χ4v) is 0.684. The van der Waals surface area contributed by atoms with Crippen molar-refractivity contribution in [3.8, 4) is 5.88 Å². The predicted octanol–water partition coefficient (Wildman–Crippen LogP) is 1.52. The molecule has 11 heavy (non-hydrogen) atoms. The van der Waals surface area contributed by atoms with Crippen molar-refractivity contribution in [3.05, 3.63) is 24.7 Å². The molecule has 0 fully saturated rings. The van der Waals surface area contributed by atoms with Gasteiger partial charge >= 0.3 is 0 Å². The van der Waals surface area contributed by atoms with E-state index >= 15 is 0 Å². The summed E-state index contributed by atoms with van der Waals surface area (Å²) in [6.07, 6.45) is 1.46. The van der Waals surface area contributed by atoms with Gasteiger partial charge in [0.25, 0.3) is 0 Å². The maximum atomic E-state index is 4.91. The number of aromatic nitrogens is 2. The first-order valence-corrected chi connectivity index (χ1v) is 3.26. The zero-order chi connectivity index (χ0) is 8.27. The van der Waals surface area contributed by atoms with Crippen LogP contribution in [0.2, 0.25) is 0 Å². The van der Waals surface area contributed by atoms with Crippen molar-refractivity contribution in [1.29, 1.82) is 0 Å². The Kier molecular flexibility index (Phi) is 2.21. The van der Waals surface area contributed by atoms with E-state index in [0.29, 0.717) is 5.88 Å². The molecule has 1 rings (SSSR count). The summed E-state index contributed by atoms with van der Waals surface area (Å²) in [5.74, 6) is 0.568. The summed E-state index contributed by atoms with van der Waals surface area (Å²) in [5, 5.41) is 0. The van der Waals surface area contributed by atoms with Gasteiger partial charge in [-0.05, 0) is 12.5 Å². The minimum atomic E-state index is 0.568. The first-order valence-electron chi connectivity index (χ1n) is 3.26. The third-order valence-electron chi connectivity index (χ3n) is 1.29. The Bertz CT molecular complexity index is 271. The van der Waals surface area contributed by atoms with Gasteiger partial charge in [-0.15, -0.1) is 0 Å². The van der Waals surface area contributed by atoms with Crippen LogP contribution in [0.3, 0.4) is 0 Å². The van der Waals surface area contributed by atoms with Gasteiger partial charge in [0, 0.05) is 6.07 Å². The second kappa shape index (κ2) is 3.14. The molecule has 58 valence electrons. The van der Waals surface area contributed by atoms with Gasteiger partial charge in [-0.3, -0.25) is 0 Å². The zero-order valence-electron chi connectivity index (χ0n) is 6.66. The van der Waals surface area contributed by atoms with E-state index < -0.39 is 0 Å². The molecular weight excluding hydrogens is 140 g/mol. The van der Waals surface area contributed by atoms with Gasteiger partial charge in [-0.2, -0.15) is 0 Å². The highest BCUT2D eigenvalue weighted by molar-refractivity contribution is 5.57. The molecule has 3 heteroatoms. The van der Waals surface area contributed by atoms with Crippen molar-refractivity contribution in [2.45, 2.75) is 6.92 Å². The van der Waals surface area contributed by atoms with Crippen LogP contribution in [0.5, 0.6) is 5.88 Å². The fourth-order valence-electron chi connectivity index (χ4n) is 0.684. The molecule has 0 saturated heterocycles. The average molecular weight is 150 g/mol. The van der Waals surface area contributed by atoms with Crippen molar-refractivity contribution in [1.82, 2.24) is 9.97 Å². The number of ether oxygens (including phenoxy) is 1. The maximum Gasteiger partial charge on any atom is 0.216 e. The Morgan fingerprint density at radius 3 is 2.82 bits per heavy atom.